The molecule has 1 saturated carbocycles. The van der Waals surface area contributed by atoms with Crippen molar-refractivity contribution in [3.05, 3.63) is 29.8 Å². The Bertz CT molecular complexity index is 628. The van der Waals surface area contributed by atoms with E-state index in [9.17, 15) is 14.4 Å². The second-order valence-corrected chi connectivity index (χ2v) is 7.69. The summed E-state index contributed by atoms with van der Waals surface area (Å²) in [6, 6.07) is 8.10. The van der Waals surface area contributed by atoms with Gasteiger partial charge in [-0.15, -0.1) is 11.8 Å². The van der Waals surface area contributed by atoms with Crippen molar-refractivity contribution in [3.8, 4) is 0 Å². The first-order valence-corrected chi connectivity index (χ1v) is 9.16. The van der Waals surface area contributed by atoms with Crippen molar-refractivity contribution in [2.75, 3.05) is 20.2 Å². The van der Waals surface area contributed by atoms with Crippen LogP contribution in [0, 0.1) is 6.92 Å². The van der Waals surface area contributed by atoms with Gasteiger partial charge in [0.25, 0.3) is 5.91 Å². The first-order valence-electron chi connectivity index (χ1n) is 8.28. The van der Waals surface area contributed by atoms with E-state index in [1.54, 1.807) is 6.92 Å². The van der Waals surface area contributed by atoms with E-state index in [-0.39, 0.29) is 25.1 Å². The molecule has 25 heavy (non-hydrogen) atoms. The molecule has 1 N–H and O–H groups in total. The summed E-state index contributed by atoms with van der Waals surface area (Å²) < 4.78 is 5.08. The molecule has 1 aliphatic carbocycles. The molecule has 1 fully saturated rings. The number of nitrogens with zero attached hydrogens (tertiary/aromatic N) is 1. The maximum atomic E-state index is 12.0. The first-order chi connectivity index (χ1) is 11.8. The van der Waals surface area contributed by atoms with Crippen LogP contribution in [-0.4, -0.2) is 54.2 Å². The van der Waals surface area contributed by atoms with E-state index in [0.717, 1.165) is 23.3 Å². The number of carbonyl (C=O) groups excluding carboxylic acids is 3. The first kappa shape index (κ1) is 19.3. The molecule has 1 aromatic rings. The molecule has 0 aliphatic heterocycles. The van der Waals surface area contributed by atoms with Crippen LogP contribution in [0.15, 0.2) is 29.2 Å². The van der Waals surface area contributed by atoms with Gasteiger partial charge in [0.1, 0.15) is 5.25 Å². The number of thioether (sulfide) groups is 1. The van der Waals surface area contributed by atoms with Crippen molar-refractivity contribution < 1.29 is 19.1 Å². The fourth-order valence-corrected chi connectivity index (χ4v) is 2.90. The Labute approximate surface area is 152 Å². The third kappa shape index (κ3) is 6.78. The number of aryl methyl sites for hydroxylation is 1. The molecule has 2 rings (SSSR count). The average molecular weight is 364 g/mol. The summed E-state index contributed by atoms with van der Waals surface area (Å²) in [7, 11) is 1.52. The monoisotopic (exact) mass is 364 g/mol. The molecule has 0 aromatic heterocycles. The van der Waals surface area contributed by atoms with Crippen LogP contribution in [0.3, 0.4) is 0 Å². The Balaban J connectivity index is 1.70. The van der Waals surface area contributed by atoms with Crippen molar-refractivity contribution in [1.29, 1.82) is 0 Å². The fraction of sp³-hybridized carbons (Fsp3) is 0.500. The van der Waals surface area contributed by atoms with Crippen molar-refractivity contribution in [1.82, 2.24) is 10.2 Å². The van der Waals surface area contributed by atoms with Gasteiger partial charge in [0.2, 0.25) is 5.91 Å². The molecule has 1 atom stereocenters. The number of amides is 2. The van der Waals surface area contributed by atoms with Gasteiger partial charge in [-0.25, -0.2) is 0 Å². The minimum Gasteiger partial charge on any atom is -0.455 e. The van der Waals surface area contributed by atoms with Gasteiger partial charge in [-0.05, 0) is 38.8 Å². The van der Waals surface area contributed by atoms with Crippen molar-refractivity contribution in [3.63, 3.8) is 0 Å². The third-order valence-corrected chi connectivity index (χ3v) is 4.84. The van der Waals surface area contributed by atoms with Gasteiger partial charge in [-0.2, -0.15) is 0 Å². The Morgan fingerprint density at radius 1 is 1.28 bits per heavy atom. The second kappa shape index (κ2) is 8.89. The quantitative estimate of drug-likeness (QED) is 0.562. The molecule has 0 unspecified atom stereocenters. The molecule has 0 saturated heterocycles. The standard InChI is InChI=1S/C18H24N2O4S/c1-12-4-8-15(9-5-12)25-13(2)18(23)24-11-17(22)20(3)10-16(21)19-14-6-7-14/h4-5,8-9,13-14H,6-7,10-11H2,1-3H3,(H,19,21)/t13-/m0/s1. The molecule has 6 nitrogen and oxygen atoms in total. The van der Waals surface area contributed by atoms with Gasteiger partial charge >= 0.3 is 5.97 Å². The minimum absolute atomic E-state index is 0.0272. The molecule has 1 aliphatic rings. The Morgan fingerprint density at radius 2 is 1.92 bits per heavy atom. The number of ether oxygens (including phenoxy) is 1. The molecule has 0 spiro atoms. The molecule has 7 heteroatoms. The van der Waals surface area contributed by atoms with Gasteiger partial charge in [0.05, 0.1) is 6.54 Å². The van der Waals surface area contributed by atoms with Crippen LogP contribution in [0.4, 0.5) is 0 Å². The summed E-state index contributed by atoms with van der Waals surface area (Å²) in [5, 5.41) is 2.39. The molecular weight excluding hydrogens is 340 g/mol. The van der Waals surface area contributed by atoms with Crippen LogP contribution in [0.2, 0.25) is 0 Å². The molecule has 0 heterocycles. The van der Waals surface area contributed by atoms with Gasteiger partial charge in [-0.3, -0.25) is 14.4 Å². The maximum absolute atomic E-state index is 12.0. The highest BCUT2D eigenvalue weighted by Gasteiger charge is 2.25. The van der Waals surface area contributed by atoms with Crippen LogP contribution < -0.4 is 5.32 Å². The summed E-state index contributed by atoms with van der Waals surface area (Å²) in [5.74, 6) is -1.03. The second-order valence-electron chi connectivity index (χ2n) is 6.27. The highest BCUT2D eigenvalue weighted by molar-refractivity contribution is 8.00. The van der Waals surface area contributed by atoms with Crippen LogP contribution in [0.1, 0.15) is 25.3 Å². The minimum atomic E-state index is -0.449. The lowest BCUT2D eigenvalue weighted by Gasteiger charge is -2.17. The molecule has 136 valence electrons. The number of carbonyl (C=O) groups is 3. The fourth-order valence-electron chi connectivity index (χ4n) is 2.03. The lowest BCUT2D eigenvalue weighted by molar-refractivity contribution is -0.151. The van der Waals surface area contributed by atoms with E-state index in [0.29, 0.717) is 0 Å². The highest BCUT2D eigenvalue weighted by atomic mass is 32.2. The van der Waals surface area contributed by atoms with Gasteiger partial charge < -0.3 is 15.0 Å². The number of hydrogen-bond donors (Lipinski definition) is 1. The topological polar surface area (TPSA) is 75.7 Å². The lowest BCUT2D eigenvalue weighted by Crippen LogP contribution is -2.41. The van der Waals surface area contributed by atoms with Crippen LogP contribution >= 0.6 is 11.8 Å². The number of rotatable bonds is 8. The van der Waals surface area contributed by atoms with Crippen molar-refractivity contribution in [2.24, 2.45) is 0 Å². The van der Waals surface area contributed by atoms with Gasteiger partial charge in [-0.1, -0.05) is 17.7 Å². The Morgan fingerprint density at radius 3 is 2.52 bits per heavy atom. The van der Waals surface area contributed by atoms with Crippen molar-refractivity contribution in [2.45, 2.75) is 42.9 Å². The van der Waals surface area contributed by atoms with Gasteiger partial charge in [0, 0.05) is 18.0 Å². The summed E-state index contributed by atoms with van der Waals surface area (Å²) >= 11 is 1.38. The number of hydrogen-bond acceptors (Lipinski definition) is 5. The van der Waals surface area contributed by atoms with E-state index in [2.05, 4.69) is 5.32 Å². The van der Waals surface area contributed by atoms with E-state index in [1.807, 2.05) is 31.2 Å². The van der Waals surface area contributed by atoms with E-state index >= 15 is 0 Å². The SMILES string of the molecule is Cc1ccc(S[C@@H](C)C(=O)OCC(=O)N(C)CC(=O)NC2CC2)cc1. The average Bonchev–Trinajstić information content (AvgIpc) is 3.37. The van der Waals surface area contributed by atoms with Crippen molar-refractivity contribution >= 4 is 29.5 Å². The molecule has 2 amide bonds. The number of nitrogens with one attached hydrogen (secondary N) is 1. The highest BCUT2D eigenvalue weighted by Crippen LogP contribution is 2.24. The predicted molar refractivity (Wildman–Crippen MR) is 96.3 cm³/mol. The van der Waals surface area contributed by atoms with E-state index in [4.69, 9.17) is 4.74 Å². The lowest BCUT2D eigenvalue weighted by atomic mass is 10.2. The summed E-state index contributed by atoms with van der Waals surface area (Å²) in [6.45, 7) is 3.36. The zero-order valence-corrected chi connectivity index (χ0v) is 15.6. The van der Waals surface area contributed by atoms with E-state index < -0.39 is 17.1 Å². The number of esters is 1. The zero-order chi connectivity index (χ0) is 18.4. The van der Waals surface area contributed by atoms with Crippen LogP contribution in [-0.2, 0) is 19.1 Å². The smallest absolute Gasteiger partial charge is 0.319 e. The normalized spacial score (nSPS) is 14.5. The largest absolute Gasteiger partial charge is 0.455 e. The Kier molecular flexibility index (Phi) is 6.87. The van der Waals surface area contributed by atoms with E-state index in [1.165, 1.54) is 23.7 Å². The summed E-state index contributed by atoms with van der Waals surface area (Å²) in [5.41, 5.74) is 1.15. The zero-order valence-electron chi connectivity index (χ0n) is 14.8. The van der Waals surface area contributed by atoms with Crippen LogP contribution in [0.5, 0.6) is 0 Å². The molecule has 1 aromatic carbocycles. The maximum Gasteiger partial charge on any atom is 0.319 e. The number of benzene rings is 1. The molecular formula is C18H24N2O4S. The summed E-state index contributed by atoms with van der Waals surface area (Å²) in [4.78, 5) is 37.9. The van der Waals surface area contributed by atoms with Gasteiger partial charge in [0.15, 0.2) is 6.61 Å². The molecule has 0 radical (unpaired) electrons. The third-order valence-electron chi connectivity index (χ3n) is 3.75. The number of likely N-dealkylation sites (N-methyl/N-ethyl adjacent to an activating group) is 1. The Hall–Kier alpha value is -2.02. The predicted octanol–water partition coefficient (Wildman–Crippen LogP) is 1.76. The van der Waals surface area contributed by atoms with Crippen LogP contribution in [0.25, 0.3) is 0 Å². The summed E-state index contributed by atoms with van der Waals surface area (Å²) in [6.07, 6.45) is 2.00. The molecule has 0 bridgehead atoms.